The van der Waals surface area contributed by atoms with E-state index in [1.54, 1.807) is 0 Å². The van der Waals surface area contributed by atoms with Crippen LogP contribution in [-0.4, -0.2) is 16.7 Å². The van der Waals surface area contributed by atoms with Crippen molar-refractivity contribution in [3.8, 4) is 5.88 Å². The molecule has 0 radical (unpaired) electrons. The number of aromatic nitrogens is 1. The van der Waals surface area contributed by atoms with Gasteiger partial charge in [-0.15, -0.1) is 0 Å². The van der Waals surface area contributed by atoms with E-state index in [-0.39, 0.29) is 18.1 Å². The van der Waals surface area contributed by atoms with Gasteiger partial charge in [0.25, 0.3) is 5.88 Å². The van der Waals surface area contributed by atoms with Gasteiger partial charge in [-0.1, -0.05) is 19.3 Å². The molecule has 1 aliphatic carbocycles. The van der Waals surface area contributed by atoms with Gasteiger partial charge in [-0.3, -0.25) is 0 Å². The standard InChI is InChI=1S/C12H16FNO2/c13-11-10(8-15)4-6-14-12(11)16-7-5-9-2-1-3-9/h4,6,9,15H,1-3,5,7-8H2. The van der Waals surface area contributed by atoms with E-state index in [4.69, 9.17) is 9.84 Å². The van der Waals surface area contributed by atoms with Crippen molar-refractivity contribution in [2.75, 3.05) is 6.61 Å². The highest BCUT2D eigenvalue weighted by atomic mass is 19.1. The maximum Gasteiger partial charge on any atom is 0.250 e. The topological polar surface area (TPSA) is 42.4 Å². The van der Waals surface area contributed by atoms with Crippen LogP contribution in [0.4, 0.5) is 4.39 Å². The van der Waals surface area contributed by atoms with Gasteiger partial charge in [0.1, 0.15) is 0 Å². The van der Waals surface area contributed by atoms with E-state index >= 15 is 0 Å². The fraction of sp³-hybridized carbons (Fsp3) is 0.583. The Hall–Kier alpha value is -1.16. The molecule has 1 aromatic rings. The summed E-state index contributed by atoms with van der Waals surface area (Å²) in [7, 11) is 0. The Morgan fingerprint density at radius 3 is 2.94 bits per heavy atom. The third kappa shape index (κ3) is 2.50. The average molecular weight is 225 g/mol. The second kappa shape index (κ2) is 5.25. The Labute approximate surface area is 94.3 Å². The summed E-state index contributed by atoms with van der Waals surface area (Å²) < 4.78 is 18.8. The quantitative estimate of drug-likeness (QED) is 0.836. The van der Waals surface area contributed by atoms with Crippen LogP contribution < -0.4 is 4.74 Å². The smallest absolute Gasteiger partial charge is 0.250 e. The number of rotatable bonds is 5. The van der Waals surface area contributed by atoms with Crippen LogP contribution in [-0.2, 0) is 6.61 Å². The van der Waals surface area contributed by atoms with E-state index in [1.807, 2.05) is 0 Å². The molecule has 2 rings (SSSR count). The predicted octanol–water partition coefficient (Wildman–Crippen LogP) is 2.28. The summed E-state index contributed by atoms with van der Waals surface area (Å²) in [5.41, 5.74) is 0.230. The van der Waals surface area contributed by atoms with Gasteiger partial charge in [0.2, 0.25) is 0 Å². The third-order valence-corrected chi connectivity index (χ3v) is 3.10. The van der Waals surface area contributed by atoms with E-state index < -0.39 is 5.82 Å². The van der Waals surface area contributed by atoms with Crippen molar-refractivity contribution in [1.29, 1.82) is 0 Å². The molecular weight excluding hydrogens is 209 g/mol. The lowest BCUT2D eigenvalue weighted by atomic mass is 9.83. The van der Waals surface area contributed by atoms with Crippen molar-refractivity contribution >= 4 is 0 Å². The first-order valence-electron chi connectivity index (χ1n) is 5.68. The molecule has 16 heavy (non-hydrogen) atoms. The van der Waals surface area contributed by atoms with Crippen LogP contribution in [0.3, 0.4) is 0 Å². The number of hydrogen-bond donors (Lipinski definition) is 1. The van der Waals surface area contributed by atoms with Gasteiger partial charge in [-0.2, -0.15) is 0 Å². The Bertz CT molecular complexity index is 353. The van der Waals surface area contributed by atoms with Crippen molar-refractivity contribution in [1.82, 2.24) is 4.98 Å². The van der Waals surface area contributed by atoms with Gasteiger partial charge < -0.3 is 9.84 Å². The molecule has 1 N–H and O–H groups in total. The molecule has 0 bridgehead atoms. The maximum atomic E-state index is 13.5. The molecule has 4 heteroatoms. The lowest BCUT2D eigenvalue weighted by Gasteiger charge is -2.24. The van der Waals surface area contributed by atoms with E-state index in [1.165, 1.54) is 31.5 Å². The van der Waals surface area contributed by atoms with Crippen LogP contribution in [0, 0.1) is 11.7 Å². The number of nitrogens with zero attached hydrogens (tertiary/aromatic N) is 1. The Morgan fingerprint density at radius 2 is 2.31 bits per heavy atom. The number of halogens is 1. The zero-order chi connectivity index (χ0) is 11.4. The maximum absolute atomic E-state index is 13.5. The zero-order valence-corrected chi connectivity index (χ0v) is 9.16. The normalized spacial score (nSPS) is 15.9. The van der Waals surface area contributed by atoms with Crippen LogP contribution in [0.1, 0.15) is 31.2 Å². The minimum atomic E-state index is -0.543. The summed E-state index contributed by atoms with van der Waals surface area (Å²) in [5.74, 6) is 0.202. The highest BCUT2D eigenvalue weighted by Crippen LogP contribution is 2.29. The molecule has 88 valence electrons. The molecule has 1 aromatic heterocycles. The summed E-state index contributed by atoms with van der Waals surface area (Å²) in [6, 6.07) is 1.45. The second-order valence-corrected chi connectivity index (χ2v) is 4.18. The molecule has 1 saturated carbocycles. The number of aliphatic hydroxyl groups is 1. The summed E-state index contributed by atoms with van der Waals surface area (Å²) in [5, 5.41) is 8.88. The molecule has 0 spiro atoms. The van der Waals surface area contributed by atoms with Crippen molar-refractivity contribution in [2.24, 2.45) is 5.92 Å². The lowest BCUT2D eigenvalue weighted by molar-refractivity contribution is 0.209. The monoisotopic (exact) mass is 225 g/mol. The fourth-order valence-electron chi connectivity index (χ4n) is 1.79. The third-order valence-electron chi connectivity index (χ3n) is 3.10. The van der Waals surface area contributed by atoms with Crippen molar-refractivity contribution in [3.63, 3.8) is 0 Å². The van der Waals surface area contributed by atoms with E-state index in [2.05, 4.69) is 4.98 Å². The van der Waals surface area contributed by atoms with Gasteiger partial charge in [0, 0.05) is 11.8 Å². The molecule has 0 amide bonds. The summed E-state index contributed by atoms with van der Waals surface area (Å²) in [4.78, 5) is 3.82. The van der Waals surface area contributed by atoms with Gasteiger partial charge >= 0.3 is 0 Å². The molecule has 0 atom stereocenters. The first kappa shape index (κ1) is 11.3. The van der Waals surface area contributed by atoms with Crippen LogP contribution in [0.25, 0.3) is 0 Å². The Morgan fingerprint density at radius 1 is 1.50 bits per heavy atom. The van der Waals surface area contributed by atoms with Crippen LogP contribution in [0.2, 0.25) is 0 Å². The van der Waals surface area contributed by atoms with Gasteiger partial charge in [0.05, 0.1) is 13.2 Å². The first-order chi connectivity index (χ1) is 7.81. The molecular formula is C12H16FNO2. The van der Waals surface area contributed by atoms with Crippen molar-refractivity contribution in [2.45, 2.75) is 32.3 Å². The molecule has 1 fully saturated rings. The SMILES string of the molecule is OCc1ccnc(OCCC2CCC2)c1F. The van der Waals surface area contributed by atoms with Gasteiger partial charge in [0.15, 0.2) is 5.82 Å². The molecule has 0 unspecified atom stereocenters. The first-order valence-corrected chi connectivity index (χ1v) is 5.68. The van der Waals surface area contributed by atoms with E-state index in [0.717, 1.165) is 12.3 Å². The average Bonchev–Trinajstić information content (AvgIpc) is 2.24. The molecule has 0 aromatic carbocycles. The minimum absolute atomic E-state index is 0.00544. The number of pyridine rings is 1. The largest absolute Gasteiger partial charge is 0.476 e. The molecule has 1 aliphatic rings. The van der Waals surface area contributed by atoms with Crippen molar-refractivity contribution in [3.05, 3.63) is 23.6 Å². The number of ether oxygens (including phenoxy) is 1. The van der Waals surface area contributed by atoms with Crippen molar-refractivity contribution < 1.29 is 14.2 Å². The Balaban J connectivity index is 1.87. The highest BCUT2D eigenvalue weighted by Gasteiger charge is 2.17. The predicted molar refractivity (Wildman–Crippen MR) is 57.6 cm³/mol. The molecule has 0 aliphatic heterocycles. The zero-order valence-electron chi connectivity index (χ0n) is 9.16. The Kier molecular flexibility index (Phi) is 3.72. The lowest BCUT2D eigenvalue weighted by Crippen LogP contribution is -2.15. The number of hydrogen-bond acceptors (Lipinski definition) is 3. The molecule has 0 saturated heterocycles. The van der Waals surface area contributed by atoms with Crippen LogP contribution >= 0.6 is 0 Å². The van der Waals surface area contributed by atoms with E-state index in [0.29, 0.717) is 6.61 Å². The van der Waals surface area contributed by atoms with Gasteiger partial charge in [-0.25, -0.2) is 9.37 Å². The summed E-state index contributed by atoms with van der Waals surface area (Å²) in [6.07, 6.45) is 6.24. The summed E-state index contributed by atoms with van der Waals surface area (Å²) >= 11 is 0. The van der Waals surface area contributed by atoms with Gasteiger partial charge in [-0.05, 0) is 18.4 Å². The highest BCUT2D eigenvalue weighted by molar-refractivity contribution is 5.22. The molecule has 3 nitrogen and oxygen atoms in total. The van der Waals surface area contributed by atoms with E-state index in [9.17, 15) is 4.39 Å². The number of aliphatic hydroxyl groups excluding tert-OH is 1. The minimum Gasteiger partial charge on any atom is -0.476 e. The van der Waals surface area contributed by atoms with Crippen LogP contribution in [0.15, 0.2) is 12.3 Å². The summed E-state index contributed by atoms with van der Waals surface area (Å²) in [6.45, 7) is 0.177. The fourth-order valence-corrected chi connectivity index (χ4v) is 1.79. The second-order valence-electron chi connectivity index (χ2n) is 4.18. The van der Waals surface area contributed by atoms with Crippen LogP contribution in [0.5, 0.6) is 5.88 Å². The molecule has 1 heterocycles.